The predicted molar refractivity (Wildman–Crippen MR) is 86.3 cm³/mol. The standard InChI is InChI=1S/C17H24N2O5/c1-17(2,3)16(23)19-8-4-5-11(10-19)14(20)18-9-12-6-7-13(24-12)15(21)22/h6-7,11H,4-5,8-10H2,1-3H3,(H,18,20)(H,21,22). The lowest BCUT2D eigenvalue weighted by Gasteiger charge is -2.35. The summed E-state index contributed by atoms with van der Waals surface area (Å²) in [5.41, 5.74) is -0.459. The van der Waals surface area contributed by atoms with Crippen molar-refractivity contribution < 1.29 is 23.9 Å². The number of hydrogen-bond donors (Lipinski definition) is 2. The Bertz CT molecular complexity index is 629. The average Bonchev–Trinajstić information content (AvgIpc) is 3.00. The third kappa shape index (κ3) is 4.37. The molecular formula is C17H24N2O5. The first kappa shape index (κ1) is 18.0. The molecule has 1 aromatic heterocycles. The van der Waals surface area contributed by atoms with Gasteiger partial charge in [-0.1, -0.05) is 20.8 Å². The molecule has 1 saturated heterocycles. The molecule has 0 spiro atoms. The zero-order valence-electron chi connectivity index (χ0n) is 14.3. The van der Waals surface area contributed by atoms with Crippen molar-refractivity contribution in [1.82, 2.24) is 10.2 Å². The highest BCUT2D eigenvalue weighted by molar-refractivity contribution is 5.85. The van der Waals surface area contributed by atoms with Gasteiger partial charge in [-0.2, -0.15) is 0 Å². The number of carboxylic acids is 1. The van der Waals surface area contributed by atoms with E-state index in [9.17, 15) is 14.4 Å². The third-order valence-corrected chi connectivity index (χ3v) is 4.03. The lowest BCUT2D eigenvalue weighted by Crippen LogP contribution is -2.48. The summed E-state index contributed by atoms with van der Waals surface area (Å²) in [6.07, 6.45) is 1.53. The van der Waals surface area contributed by atoms with Gasteiger partial charge in [-0.05, 0) is 25.0 Å². The number of carbonyl (C=O) groups excluding carboxylic acids is 2. The normalized spacial score (nSPS) is 18.3. The number of carbonyl (C=O) groups is 3. The summed E-state index contributed by atoms with van der Waals surface area (Å²) in [4.78, 5) is 37.2. The molecule has 132 valence electrons. The van der Waals surface area contributed by atoms with E-state index in [-0.39, 0.29) is 30.0 Å². The van der Waals surface area contributed by atoms with Crippen LogP contribution in [0.3, 0.4) is 0 Å². The van der Waals surface area contributed by atoms with Crippen LogP contribution in [0.1, 0.15) is 49.9 Å². The molecule has 1 aliphatic heterocycles. The second-order valence-corrected chi connectivity index (χ2v) is 7.13. The van der Waals surface area contributed by atoms with E-state index < -0.39 is 11.4 Å². The van der Waals surface area contributed by atoms with Crippen LogP contribution in [0.4, 0.5) is 0 Å². The third-order valence-electron chi connectivity index (χ3n) is 4.03. The molecule has 24 heavy (non-hydrogen) atoms. The number of nitrogens with zero attached hydrogens (tertiary/aromatic N) is 1. The van der Waals surface area contributed by atoms with E-state index in [0.717, 1.165) is 12.8 Å². The van der Waals surface area contributed by atoms with Gasteiger partial charge in [0.05, 0.1) is 12.5 Å². The molecule has 1 unspecified atom stereocenters. The predicted octanol–water partition coefficient (Wildman–Crippen LogP) is 1.88. The molecule has 7 nitrogen and oxygen atoms in total. The number of furan rings is 1. The van der Waals surface area contributed by atoms with E-state index in [1.807, 2.05) is 20.8 Å². The van der Waals surface area contributed by atoms with Crippen molar-refractivity contribution in [2.75, 3.05) is 13.1 Å². The number of piperidine rings is 1. The average molecular weight is 336 g/mol. The molecule has 0 radical (unpaired) electrons. The highest BCUT2D eigenvalue weighted by atomic mass is 16.4. The molecule has 0 aromatic carbocycles. The monoisotopic (exact) mass is 336 g/mol. The van der Waals surface area contributed by atoms with Gasteiger partial charge in [-0.3, -0.25) is 9.59 Å². The van der Waals surface area contributed by atoms with Crippen molar-refractivity contribution in [1.29, 1.82) is 0 Å². The van der Waals surface area contributed by atoms with E-state index in [2.05, 4.69) is 5.32 Å². The SMILES string of the molecule is CC(C)(C)C(=O)N1CCCC(C(=O)NCc2ccc(C(=O)O)o2)C1. The van der Waals surface area contributed by atoms with Gasteiger partial charge in [-0.25, -0.2) is 4.79 Å². The van der Waals surface area contributed by atoms with Crippen LogP contribution >= 0.6 is 0 Å². The number of rotatable bonds is 4. The van der Waals surface area contributed by atoms with Crippen LogP contribution in [0, 0.1) is 11.3 Å². The summed E-state index contributed by atoms with van der Waals surface area (Å²) in [7, 11) is 0. The Morgan fingerprint density at radius 3 is 2.62 bits per heavy atom. The second kappa shape index (κ2) is 7.07. The van der Waals surface area contributed by atoms with Gasteiger partial charge in [0.2, 0.25) is 17.6 Å². The molecule has 2 amide bonds. The molecule has 1 fully saturated rings. The minimum Gasteiger partial charge on any atom is -0.475 e. The fourth-order valence-corrected chi connectivity index (χ4v) is 2.76. The Morgan fingerprint density at radius 1 is 1.33 bits per heavy atom. The highest BCUT2D eigenvalue weighted by Crippen LogP contribution is 2.23. The molecule has 0 saturated carbocycles. The summed E-state index contributed by atoms with van der Waals surface area (Å²) in [5, 5.41) is 11.6. The van der Waals surface area contributed by atoms with Gasteiger partial charge in [0.1, 0.15) is 5.76 Å². The van der Waals surface area contributed by atoms with Crippen LogP contribution in [-0.2, 0) is 16.1 Å². The van der Waals surface area contributed by atoms with Crippen LogP contribution in [-0.4, -0.2) is 40.9 Å². The molecule has 0 aliphatic carbocycles. The van der Waals surface area contributed by atoms with Gasteiger partial charge < -0.3 is 19.7 Å². The lowest BCUT2D eigenvalue weighted by molar-refractivity contribution is -0.142. The van der Waals surface area contributed by atoms with E-state index >= 15 is 0 Å². The van der Waals surface area contributed by atoms with E-state index in [0.29, 0.717) is 18.8 Å². The first-order valence-electron chi connectivity index (χ1n) is 8.07. The molecule has 7 heteroatoms. The van der Waals surface area contributed by atoms with Crippen LogP contribution < -0.4 is 5.32 Å². The zero-order valence-corrected chi connectivity index (χ0v) is 14.3. The Balaban J connectivity index is 1.89. The number of hydrogen-bond acceptors (Lipinski definition) is 4. The maximum Gasteiger partial charge on any atom is 0.371 e. The minimum absolute atomic E-state index is 0.0529. The van der Waals surface area contributed by atoms with E-state index in [1.54, 1.807) is 4.90 Å². The zero-order chi connectivity index (χ0) is 17.9. The fraction of sp³-hybridized carbons (Fsp3) is 0.588. The molecule has 2 heterocycles. The quantitative estimate of drug-likeness (QED) is 0.874. The summed E-state index contributed by atoms with van der Waals surface area (Å²) in [6.45, 7) is 6.85. The van der Waals surface area contributed by atoms with Gasteiger partial charge in [0, 0.05) is 18.5 Å². The molecule has 2 N–H and O–H groups in total. The maximum absolute atomic E-state index is 12.4. The Hall–Kier alpha value is -2.31. The fourth-order valence-electron chi connectivity index (χ4n) is 2.76. The van der Waals surface area contributed by atoms with E-state index in [1.165, 1.54) is 12.1 Å². The van der Waals surface area contributed by atoms with Gasteiger partial charge in [0.25, 0.3) is 0 Å². The molecular weight excluding hydrogens is 312 g/mol. The van der Waals surface area contributed by atoms with Crippen molar-refractivity contribution in [2.45, 2.75) is 40.2 Å². The minimum atomic E-state index is -1.14. The van der Waals surface area contributed by atoms with Crippen LogP contribution in [0.5, 0.6) is 0 Å². The number of nitrogens with one attached hydrogen (secondary N) is 1. The van der Waals surface area contributed by atoms with Crippen molar-refractivity contribution in [3.63, 3.8) is 0 Å². The summed E-state index contributed by atoms with van der Waals surface area (Å²) >= 11 is 0. The molecule has 1 aromatic rings. The largest absolute Gasteiger partial charge is 0.475 e. The van der Waals surface area contributed by atoms with Crippen molar-refractivity contribution in [2.24, 2.45) is 11.3 Å². The van der Waals surface area contributed by atoms with Gasteiger partial charge in [0.15, 0.2) is 0 Å². The molecule has 1 aliphatic rings. The summed E-state index contributed by atoms with van der Waals surface area (Å²) < 4.78 is 5.11. The van der Waals surface area contributed by atoms with Gasteiger partial charge in [-0.15, -0.1) is 0 Å². The Kier molecular flexibility index (Phi) is 5.31. The van der Waals surface area contributed by atoms with Crippen molar-refractivity contribution >= 4 is 17.8 Å². The highest BCUT2D eigenvalue weighted by Gasteiger charge is 2.33. The molecule has 1 atom stereocenters. The van der Waals surface area contributed by atoms with Crippen molar-refractivity contribution in [3.05, 3.63) is 23.7 Å². The number of carboxylic acid groups (broad SMARTS) is 1. The summed E-state index contributed by atoms with van der Waals surface area (Å²) in [5.74, 6) is -1.25. The number of likely N-dealkylation sites (tertiary alicyclic amines) is 1. The second-order valence-electron chi connectivity index (χ2n) is 7.13. The van der Waals surface area contributed by atoms with Gasteiger partial charge >= 0.3 is 5.97 Å². The smallest absolute Gasteiger partial charge is 0.371 e. The van der Waals surface area contributed by atoms with Crippen LogP contribution in [0.2, 0.25) is 0 Å². The lowest BCUT2D eigenvalue weighted by atomic mass is 9.91. The van der Waals surface area contributed by atoms with Crippen molar-refractivity contribution in [3.8, 4) is 0 Å². The first-order chi connectivity index (χ1) is 11.2. The molecule has 2 rings (SSSR count). The van der Waals surface area contributed by atoms with Crippen LogP contribution in [0.15, 0.2) is 16.5 Å². The maximum atomic E-state index is 12.4. The number of aromatic carboxylic acids is 1. The number of amides is 2. The summed E-state index contributed by atoms with van der Waals surface area (Å²) in [6, 6.07) is 2.88. The first-order valence-corrected chi connectivity index (χ1v) is 8.07. The van der Waals surface area contributed by atoms with Crippen LogP contribution in [0.25, 0.3) is 0 Å². The topological polar surface area (TPSA) is 99.9 Å². The van der Waals surface area contributed by atoms with E-state index in [4.69, 9.17) is 9.52 Å². The Labute approximate surface area is 141 Å². The molecule has 0 bridgehead atoms. The Morgan fingerprint density at radius 2 is 2.04 bits per heavy atom.